The van der Waals surface area contributed by atoms with Crippen LogP contribution in [0.15, 0.2) is 0 Å². The number of imide groups is 1. The number of aliphatic hydroxyl groups excluding tert-OH is 1. The first-order valence-corrected chi connectivity index (χ1v) is 10.2. The Balaban J connectivity index is 1.73. The molecule has 0 spiro atoms. The molecule has 0 aromatic rings. The summed E-state index contributed by atoms with van der Waals surface area (Å²) in [5.74, 6) is -1.42. The van der Waals surface area contributed by atoms with Crippen molar-refractivity contribution in [3.05, 3.63) is 0 Å². The van der Waals surface area contributed by atoms with E-state index in [0.717, 1.165) is 32.1 Å². The largest absolute Gasteiger partial charge is 0.481 e. The Labute approximate surface area is 155 Å². The van der Waals surface area contributed by atoms with Gasteiger partial charge in [-0.3, -0.25) is 19.7 Å². The zero-order chi connectivity index (χ0) is 18.9. The van der Waals surface area contributed by atoms with Gasteiger partial charge in [0.1, 0.15) is 0 Å². The molecule has 2 amide bonds. The first-order valence-electron chi connectivity index (χ1n) is 10.2. The van der Waals surface area contributed by atoms with E-state index in [0.29, 0.717) is 31.6 Å². The number of hydrogen-bond acceptors (Lipinski definition) is 4. The first-order chi connectivity index (χ1) is 12.5. The van der Waals surface area contributed by atoms with Crippen molar-refractivity contribution in [3.63, 3.8) is 0 Å². The number of unbranched alkanes of at least 4 members (excludes halogenated alkanes) is 3. The standard InChI is InChI=1S/C20H33NO5/c22-17(14-8-4-3-5-9-14)13-12-16-15(19(25)21-20(16)26)10-6-1-2-7-11-18(23)24/h14-17,22H,1-13H2,(H,23,24)(H,21,25,26)/t15-,16-,17-/m0/s1. The van der Waals surface area contributed by atoms with Gasteiger partial charge in [-0.1, -0.05) is 38.5 Å². The maximum atomic E-state index is 12.1. The van der Waals surface area contributed by atoms with E-state index in [9.17, 15) is 19.5 Å². The molecule has 1 aliphatic carbocycles. The Morgan fingerprint density at radius 3 is 2.23 bits per heavy atom. The molecule has 26 heavy (non-hydrogen) atoms. The minimum Gasteiger partial charge on any atom is -0.481 e. The van der Waals surface area contributed by atoms with Crippen LogP contribution >= 0.6 is 0 Å². The zero-order valence-electron chi connectivity index (χ0n) is 15.6. The lowest BCUT2D eigenvalue weighted by atomic mass is 9.80. The number of rotatable bonds is 11. The molecule has 6 nitrogen and oxygen atoms in total. The monoisotopic (exact) mass is 367 g/mol. The number of carboxylic acids is 1. The molecule has 2 fully saturated rings. The molecule has 0 aromatic carbocycles. The van der Waals surface area contributed by atoms with Gasteiger partial charge in [-0.25, -0.2) is 0 Å². The molecular weight excluding hydrogens is 334 g/mol. The van der Waals surface area contributed by atoms with Crippen molar-refractivity contribution in [1.82, 2.24) is 5.32 Å². The van der Waals surface area contributed by atoms with E-state index in [2.05, 4.69) is 5.32 Å². The van der Waals surface area contributed by atoms with Crippen LogP contribution < -0.4 is 5.32 Å². The van der Waals surface area contributed by atoms with Crippen LogP contribution in [0.2, 0.25) is 0 Å². The first kappa shape index (κ1) is 20.9. The molecule has 1 heterocycles. The van der Waals surface area contributed by atoms with Gasteiger partial charge in [0.15, 0.2) is 0 Å². The van der Waals surface area contributed by atoms with Crippen LogP contribution in [0, 0.1) is 17.8 Å². The van der Waals surface area contributed by atoms with Gasteiger partial charge >= 0.3 is 5.97 Å². The molecule has 0 radical (unpaired) electrons. The van der Waals surface area contributed by atoms with Crippen molar-refractivity contribution in [2.75, 3.05) is 0 Å². The van der Waals surface area contributed by atoms with Gasteiger partial charge in [-0.05, 0) is 44.4 Å². The van der Waals surface area contributed by atoms with E-state index in [4.69, 9.17) is 5.11 Å². The summed E-state index contributed by atoms with van der Waals surface area (Å²) in [7, 11) is 0. The highest BCUT2D eigenvalue weighted by molar-refractivity contribution is 6.04. The lowest BCUT2D eigenvalue weighted by Crippen LogP contribution is -2.26. The number of nitrogens with one attached hydrogen (secondary N) is 1. The minimum atomic E-state index is -0.776. The second kappa shape index (κ2) is 10.7. The highest BCUT2D eigenvalue weighted by atomic mass is 16.4. The van der Waals surface area contributed by atoms with Crippen molar-refractivity contribution < 1.29 is 24.6 Å². The second-order valence-electron chi connectivity index (χ2n) is 7.96. The van der Waals surface area contributed by atoms with Gasteiger partial charge in [-0.15, -0.1) is 0 Å². The fourth-order valence-corrected chi connectivity index (χ4v) is 4.44. The molecule has 1 saturated carbocycles. The third-order valence-electron chi connectivity index (χ3n) is 6.03. The molecule has 2 aliphatic rings. The number of aliphatic hydroxyl groups is 1. The van der Waals surface area contributed by atoms with E-state index in [-0.39, 0.29) is 36.2 Å². The lowest BCUT2D eigenvalue weighted by molar-refractivity contribution is -0.137. The summed E-state index contributed by atoms with van der Waals surface area (Å²) < 4.78 is 0. The quantitative estimate of drug-likeness (QED) is 0.385. The van der Waals surface area contributed by atoms with Crippen LogP contribution in [-0.4, -0.2) is 34.1 Å². The number of carboxylic acid groups (broad SMARTS) is 1. The summed E-state index contributed by atoms with van der Waals surface area (Å²) in [5.41, 5.74) is 0. The topological polar surface area (TPSA) is 104 Å². The van der Waals surface area contributed by atoms with Gasteiger partial charge in [0.05, 0.1) is 12.0 Å². The molecule has 0 bridgehead atoms. The number of aliphatic carboxylic acids is 1. The van der Waals surface area contributed by atoms with Crippen LogP contribution in [-0.2, 0) is 14.4 Å². The smallest absolute Gasteiger partial charge is 0.303 e. The van der Waals surface area contributed by atoms with Crippen LogP contribution in [0.25, 0.3) is 0 Å². The van der Waals surface area contributed by atoms with Crippen molar-refractivity contribution in [1.29, 1.82) is 0 Å². The molecule has 1 saturated heterocycles. The van der Waals surface area contributed by atoms with E-state index in [1.807, 2.05) is 0 Å². The van der Waals surface area contributed by atoms with Gasteiger partial charge in [0.25, 0.3) is 0 Å². The van der Waals surface area contributed by atoms with Gasteiger partial charge < -0.3 is 10.2 Å². The van der Waals surface area contributed by atoms with Crippen molar-refractivity contribution in [3.8, 4) is 0 Å². The Morgan fingerprint density at radius 1 is 0.962 bits per heavy atom. The summed E-state index contributed by atoms with van der Waals surface area (Å²) in [5, 5.41) is 21.5. The predicted molar refractivity (Wildman–Crippen MR) is 97.3 cm³/mol. The number of carbonyl (C=O) groups excluding carboxylic acids is 2. The van der Waals surface area contributed by atoms with Crippen LogP contribution in [0.3, 0.4) is 0 Å². The lowest BCUT2D eigenvalue weighted by Gasteiger charge is -2.27. The highest BCUT2D eigenvalue weighted by Gasteiger charge is 2.41. The summed E-state index contributed by atoms with van der Waals surface area (Å²) in [6.07, 6.45) is 10.6. The fraction of sp³-hybridized carbons (Fsp3) is 0.850. The maximum Gasteiger partial charge on any atom is 0.303 e. The van der Waals surface area contributed by atoms with E-state index in [1.165, 1.54) is 19.3 Å². The SMILES string of the molecule is O=C(O)CCCCCC[C@@H]1C(=O)NC(=O)[C@H]1CC[C@H](O)C1CCCCC1. The van der Waals surface area contributed by atoms with Gasteiger partial charge in [0, 0.05) is 12.3 Å². The molecule has 2 rings (SSSR count). The third-order valence-corrected chi connectivity index (χ3v) is 6.03. The summed E-state index contributed by atoms with van der Waals surface area (Å²) >= 11 is 0. The summed E-state index contributed by atoms with van der Waals surface area (Å²) in [6.45, 7) is 0. The number of hydrogen-bond donors (Lipinski definition) is 3. The Bertz CT molecular complexity index is 487. The Kier molecular flexibility index (Phi) is 8.55. The van der Waals surface area contributed by atoms with Crippen molar-refractivity contribution in [2.45, 2.75) is 89.6 Å². The minimum absolute atomic E-state index is 0.183. The molecule has 0 aromatic heterocycles. The second-order valence-corrected chi connectivity index (χ2v) is 7.96. The molecule has 148 valence electrons. The molecular formula is C20H33NO5. The number of carbonyl (C=O) groups is 3. The fourth-order valence-electron chi connectivity index (χ4n) is 4.44. The molecule has 3 atom stereocenters. The van der Waals surface area contributed by atoms with E-state index in [1.54, 1.807) is 0 Å². The average molecular weight is 367 g/mol. The molecule has 6 heteroatoms. The van der Waals surface area contributed by atoms with Gasteiger partial charge in [0.2, 0.25) is 11.8 Å². The van der Waals surface area contributed by atoms with Crippen LogP contribution in [0.1, 0.15) is 83.5 Å². The maximum absolute atomic E-state index is 12.1. The Morgan fingerprint density at radius 2 is 1.58 bits per heavy atom. The summed E-state index contributed by atoms with van der Waals surface area (Å²) in [4.78, 5) is 34.7. The van der Waals surface area contributed by atoms with Crippen LogP contribution in [0.5, 0.6) is 0 Å². The number of amides is 2. The molecule has 0 unspecified atom stereocenters. The summed E-state index contributed by atoms with van der Waals surface area (Å²) in [6, 6.07) is 0. The van der Waals surface area contributed by atoms with Gasteiger partial charge in [-0.2, -0.15) is 0 Å². The highest BCUT2D eigenvalue weighted by Crippen LogP contribution is 2.33. The predicted octanol–water partition coefficient (Wildman–Crippen LogP) is 3.02. The molecule has 3 N–H and O–H groups in total. The molecule has 1 aliphatic heterocycles. The zero-order valence-corrected chi connectivity index (χ0v) is 15.6. The van der Waals surface area contributed by atoms with Crippen molar-refractivity contribution in [2.24, 2.45) is 17.8 Å². The van der Waals surface area contributed by atoms with Crippen molar-refractivity contribution >= 4 is 17.8 Å². The van der Waals surface area contributed by atoms with E-state index >= 15 is 0 Å². The average Bonchev–Trinajstić information content (AvgIpc) is 2.89. The normalized spacial score (nSPS) is 25.3. The Hall–Kier alpha value is -1.43. The van der Waals surface area contributed by atoms with E-state index < -0.39 is 5.97 Å². The van der Waals surface area contributed by atoms with Crippen LogP contribution in [0.4, 0.5) is 0 Å². The third kappa shape index (κ3) is 6.38.